The van der Waals surface area contributed by atoms with E-state index < -0.39 is 0 Å². The number of rotatable bonds is 7. The van der Waals surface area contributed by atoms with Gasteiger partial charge in [-0.25, -0.2) is 9.07 Å². The van der Waals surface area contributed by atoms with Gasteiger partial charge in [-0.1, -0.05) is 36.4 Å². The van der Waals surface area contributed by atoms with Gasteiger partial charge in [0.15, 0.2) is 0 Å². The smallest absolute Gasteiger partial charge is 0.239 e. The number of hydrogen-bond donors (Lipinski definition) is 2. The number of halogens is 1. The highest BCUT2D eigenvalue weighted by molar-refractivity contribution is 5.91. The van der Waals surface area contributed by atoms with E-state index in [1.165, 1.54) is 12.1 Å². The molecule has 1 atom stereocenters. The van der Waals surface area contributed by atoms with E-state index in [4.69, 9.17) is 0 Å². The Morgan fingerprint density at radius 2 is 1.77 bits per heavy atom. The van der Waals surface area contributed by atoms with Gasteiger partial charge in [0.25, 0.3) is 0 Å². The zero-order valence-corrected chi connectivity index (χ0v) is 17.0. The maximum Gasteiger partial charge on any atom is 0.239 e. The Kier molecular flexibility index (Phi) is 6.14. The molecule has 2 N–H and O–H groups in total. The summed E-state index contributed by atoms with van der Waals surface area (Å²) in [4.78, 5) is 17.2. The number of carbonyl (C=O) groups excluding carboxylic acids is 1. The molecular weight excluding hydrogens is 393 g/mol. The van der Waals surface area contributed by atoms with Crippen molar-refractivity contribution < 1.29 is 9.18 Å². The van der Waals surface area contributed by atoms with Gasteiger partial charge in [-0.3, -0.25) is 15.1 Å². The normalized spacial score (nSPS) is 11.8. The summed E-state index contributed by atoms with van der Waals surface area (Å²) in [7, 11) is 0. The summed E-state index contributed by atoms with van der Waals surface area (Å²) in [5, 5.41) is 10.6. The van der Waals surface area contributed by atoms with Crippen LogP contribution in [0.2, 0.25) is 0 Å². The molecular formula is C24H22FN5O. The molecule has 7 heteroatoms. The lowest BCUT2D eigenvalue weighted by Crippen LogP contribution is -2.32. The van der Waals surface area contributed by atoms with Crippen LogP contribution in [0.25, 0.3) is 5.69 Å². The van der Waals surface area contributed by atoms with E-state index in [-0.39, 0.29) is 24.3 Å². The van der Waals surface area contributed by atoms with E-state index in [0.717, 1.165) is 17.0 Å². The first-order chi connectivity index (χ1) is 15.1. The minimum atomic E-state index is -0.330. The number of anilines is 1. The Morgan fingerprint density at radius 3 is 2.48 bits per heavy atom. The number of nitrogens with zero attached hydrogens (tertiary/aromatic N) is 3. The number of nitrogens with one attached hydrogen (secondary N) is 2. The predicted molar refractivity (Wildman–Crippen MR) is 117 cm³/mol. The first kappa shape index (κ1) is 20.4. The third kappa shape index (κ3) is 5.02. The summed E-state index contributed by atoms with van der Waals surface area (Å²) in [5.41, 5.74) is 3.24. The maximum atomic E-state index is 13.3. The van der Waals surface area contributed by atoms with Gasteiger partial charge < -0.3 is 5.32 Å². The van der Waals surface area contributed by atoms with Crippen molar-refractivity contribution in [1.29, 1.82) is 0 Å². The predicted octanol–water partition coefficient (Wildman–Crippen LogP) is 4.03. The average Bonchev–Trinajstić information content (AvgIpc) is 3.15. The molecule has 4 rings (SSSR count). The minimum Gasteiger partial charge on any atom is -0.309 e. The lowest BCUT2D eigenvalue weighted by atomic mass is 10.0. The summed E-state index contributed by atoms with van der Waals surface area (Å²) in [6, 6.07) is 23.0. The fraction of sp³-hybridized carbons (Fsp3) is 0.125. The number of amides is 1. The van der Waals surface area contributed by atoms with Gasteiger partial charge in [-0.05, 0) is 48.9 Å². The molecule has 31 heavy (non-hydrogen) atoms. The lowest BCUT2D eigenvalue weighted by Gasteiger charge is -2.19. The number of hydrogen-bond acceptors (Lipinski definition) is 4. The van der Waals surface area contributed by atoms with Gasteiger partial charge >= 0.3 is 0 Å². The van der Waals surface area contributed by atoms with Crippen LogP contribution in [0.15, 0.2) is 85.1 Å². The van der Waals surface area contributed by atoms with Crippen LogP contribution in [0.1, 0.15) is 23.0 Å². The van der Waals surface area contributed by atoms with Gasteiger partial charge in [0, 0.05) is 12.3 Å². The van der Waals surface area contributed by atoms with Crippen molar-refractivity contribution in [3.63, 3.8) is 0 Å². The van der Waals surface area contributed by atoms with E-state index in [1.54, 1.807) is 29.1 Å². The van der Waals surface area contributed by atoms with Crippen LogP contribution >= 0.6 is 0 Å². The SMILES string of the molecule is Cc1cc(NC(=O)CNC(c2ccccc2)c2ccccn2)n(-c2ccc(F)cc2)n1. The van der Waals surface area contributed by atoms with Crippen molar-refractivity contribution in [2.24, 2.45) is 0 Å². The quantitative estimate of drug-likeness (QED) is 0.478. The largest absolute Gasteiger partial charge is 0.309 e. The Balaban J connectivity index is 1.49. The molecule has 2 aromatic heterocycles. The van der Waals surface area contributed by atoms with E-state index in [2.05, 4.69) is 20.7 Å². The monoisotopic (exact) mass is 415 g/mol. The summed E-state index contributed by atoms with van der Waals surface area (Å²) in [6.45, 7) is 1.91. The molecule has 1 unspecified atom stereocenters. The van der Waals surface area contributed by atoms with Crippen LogP contribution in [-0.2, 0) is 4.79 Å². The van der Waals surface area contributed by atoms with Gasteiger partial charge in [-0.2, -0.15) is 5.10 Å². The molecule has 0 radical (unpaired) electrons. The van der Waals surface area contributed by atoms with Crippen LogP contribution in [0, 0.1) is 12.7 Å². The molecule has 2 aromatic carbocycles. The molecule has 4 aromatic rings. The van der Waals surface area contributed by atoms with E-state index in [1.807, 2.05) is 55.5 Å². The molecule has 0 bridgehead atoms. The van der Waals surface area contributed by atoms with Crippen molar-refractivity contribution in [3.05, 3.63) is 108 Å². The Hall–Kier alpha value is -3.84. The Labute approximate surface area is 179 Å². The van der Waals surface area contributed by atoms with Crippen LogP contribution in [0.4, 0.5) is 10.2 Å². The number of benzene rings is 2. The first-order valence-electron chi connectivity index (χ1n) is 9.92. The third-order valence-electron chi connectivity index (χ3n) is 4.75. The summed E-state index contributed by atoms with van der Waals surface area (Å²) in [5.74, 6) is -0.0333. The number of carbonyl (C=O) groups is 1. The van der Waals surface area contributed by atoms with Crippen molar-refractivity contribution in [2.45, 2.75) is 13.0 Å². The van der Waals surface area contributed by atoms with Gasteiger partial charge in [0.1, 0.15) is 11.6 Å². The highest BCUT2D eigenvalue weighted by Crippen LogP contribution is 2.20. The molecule has 0 aliphatic rings. The van der Waals surface area contributed by atoms with Gasteiger partial charge in [0.05, 0.1) is 29.7 Å². The summed E-state index contributed by atoms with van der Waals surface area (Å²) in [6.07, 6.45) is 1.73. The average molecular weight is 415 g/mol. The lowest BCUT2D eigenvalue weighted by molar-refractivity contribution is -0.115. The zero-order chi connectivity index (χ0) is 21.6. The van der Waals surface area contributed by atoms with Gasteiger partial charge in [-0.15, -0.1) is 0 Å². The van der Waals surface area contributed by atoms with E-state index in [9.17, 15) is 9.18 Å². The van der Waals surface area contributed by atoms with Crippen molar-refractivity contribution in [2.75, 3.05) is 11.9 Å². The number of aromatic nitrogens is 3. The molecule has 0 saturated carbocycles. The fourth-order valence-corrected chi connectivity index (χ4v) is 3.33. The highest BCUT2D eigenvalue weighted by Gasteiger charge is 2.17. The third-order valence-corrected chi connectivity index (χ3v) is 4.75. The maximum absolute atomic E-state index is 13.3. The second kappa shape index (κ2) is 9.32. The van der Waals surface area contributed by atoms with Crippen LogP contribution in [0.5, 0.6) is 0 Å². The first-order valence-corrected chi connectivity index (χ1v) is 9.92. The van der Waals surface area contributed by atoms with E-state index >= 15 is 0 Å². The fourth-order valence-electron chi connectivity index (χ4n) is 3.33. The van der Waals surface area contributed by atoms with Crippen LogP contribution < -0.4 is 10.6 Å². The van der Waals surface area contributed by atoms with Crippen LogP contribution in [-0.4, -0.2) is 27.2 Å². The van der Waals surface area contributed by atoms with Crippen molar-refractivity contribution in [1.82, 2.24) is 20.1 Å². The van der Waals surface area contributed by atoms with Gasteiger partial charge in [0.2, 0.25) is 5.91 Å². The summed E-state index contributed by atoms with van der Waals surface area (Å²) >= 11 is 0. The molecule has 6 nitrogen and oxygen atoms in total. The van der Waals surface area contributed by atoms with E-state index in [0.29, 0.717) is 11.5 Å². The molecule has 0 aliphatic carbocycles. The molecule has 156 valence electrons. The minimum absolute atomic E-state index is 0.0732. The molecule has 0 aliphatic heterocycles. The van der Waals surface area contributed by atoms with Crippen LogP contribution in [0.3, 0.4) is 0 Å². The van der Waals surface area contributed by atoms with Crippen molar-refractivity contribution in [3.8, 4) is 5.69 Å². The molecule has 0 fully saturated rings. The zero-order valence-electron chi connectivity index (χ0n) is 17.0. The second-order valence-electron chi connectivity index (χ2n) is 7.09. The second-order valence-corrected chi connectivity index (χ2v) is 7.09. The Morgan fingerprint density at radius 1 is 1.03 bits per heavy atom. The Bertz CT molecular complexity index is 1100. The molecule has 0 saturated heterocycles. The topological polar surface area (TPSA) is 71.8 Å². The number of pyridine rings is 1. The standard InChI is InChI=1S/C24H22FN5O/c1-17-15-22(30(29-17)20-12-10-19(25)11-13-20)28-23(31)16-27-24(18-7-3-2-4-8-18)21-9-5-6-14-26-21/h2-15,24,27H,16H2,1H3,(H,28,31). The highest BCUT2D eigenvalue weighted by atomic mass is 19.1. The summed E-state index contributed by atoms with van der Waals surface area (Å²) < 4.78 is 14.8. The molecule has 1 amide bonds. The number of aryl methyl sites for hydroxylation is 1. The molecule has 0 spiro atoms. The molecule has 2 heterocycles. The van der Waals surface area contributed by atoms with Crippen molar-refractivity contribution >= 4 is 11.7 Å².